The first-order valence-electron chi connectivity index (χ1n) is 8.65. The Balaban J connectivity index is 3.13. The van der Waals surface area contributed by atoms with Gasteiger partial charge in [-0.15, -0.1) is 0 Å². The summed E-state index contributed by atoms with van der Waals surface area (Å²) in [6.45, 7) is 2.25. The first-order valence-corrected chi connectivity index (χ1v) is 8.65. The third-order valence-corrected chi connectivity index (χ3v) is 3.52. The summed E-state index contributed by atoms with van der Waals surface area (Å²) in [5, 5.41) is 0. The average molecular weight is 278 g/mol. The molecule has 0 bridgehead atoms. The van der Waals surface area contributed by atoms with Gasteiger partial charge in [-0.2, -0.15) is 0 Å². The summed E-state index contributed by atoms with van der Waals surface area (Å²) in [6, 6.07) is 0. The summed E-state index contributed by atoms with van der Waals surface area (Å²) in [4.78, 5) is 10.1. The minimum atomic E-state index is 0.745. The summed E-state index contributed by atoms with van der Waals surface area (Å²) in [5.41, 5.74) is 0. The van der Waals surface area contributed by atoms with Crippen LogP contribution >= 0.6 is 0 Å². The maximum Gasteiger partial charge on any atom is 0.119 e. The number of aldehydes is 1. The lowest BCUT2D eigenvalue weighted by Gasteiger charge is -1.98. The van der Waals surface area contributed by atoms with Crippen LogP contribution in [-0.4, -0.2) is 6.29 Å². The van der Waals surface area contributed by atoms with Gasteiger partial charge in [0.05, 0.1) is 0 Å². The molecule has 0 radical (unpaired) electrons. The second-order valence-corrected chi connectivity index (χ2v) is 5.54. The number of rotatable bonds is 15. The van der Waals surface area contributed by atoms with Crippen molar-refractivity contribution in [2.24, 2.45) is 0 Å². The van der Waals surface area contributed by atoms with Gasteiger partial charge in [-0.05, 0) is 38.5 Å². The van der Waals surface area contributed by atoms with E-state index in [0.717, 1.165) is 25.5 Å². The predicted molar refractivity (Wildman–Crippen MR) is 90.0 cm³/mol. The van der Waals surface area contributed by atoms with E-state index in [4.69, 9.17) is 0 Å². The Hall–Kier alpha value is -0.850. The molecule has 0 aliphatic heterocycles. The highest BCUT2D eigenvalue weighted by Gasteiger charge is 1.90. The third kappa shape index (κ3) is 17.2. The number of carbonyl (C=O) groups is 1. The normalized spacial score (nSPS) is 11.7. The molecule has 0 aromatic rings. The van der Waals surface area contributed by atoms with Crippen molar-refractivity contribution in [3.63, 3.8) is 0 Å². The molecule has 0 atom stereocenters. The van der Waals surface area contributed by atoms with Crippen LogP contribution in [0.1, 0.15) is 90.4 Å². The summed E-state index contributed by atoms with van der Waals surface area (Å²) in [6.07, 6.45) is 26.1. The minimum Gasteiger partial charge on any atom is -0.303 e. The Morgan fingerprint density at radius 3 is 1.65 bits per heavy atom. The highest BCUT2D eigenvalue weighted by Crippen LogP contribution is 2.08. The van der Waals surface area contributed by atoms with Crippen molar-refractivity contribution in [2.45, 2.75) is 90.4 Å². The predicted octanol–water partition coefficient (Wildman–Crippen LogP) is 6.39. The lowest BCUT2D eigenvalue weighted by Crippen LogP contribution is -1.80. The molecule has 0 fully saturated rings. The van der Waals surface area contributed by atoms with Gasteiger partial charge in [0.2, 0.25) is 0 Å². The molecule has 0 heterocycles. The van der Waals surface area contributed by atoms with Crippen LogP contribution in [0.2, 0.25) is 0 Å². The molecule has 0 aliphatic rings. The van der Waals surface area contributed by atoms with Crippen LogP contribution in [-0.2, 0) is 4.79 Å². The van der Waals surface area contributed by atoms with E-state index in [1.54, 1.807) is 0 Å². The van der Waals surface area contributed by atoms with E-state index in [9.17, 15) is 4.79 Å². The Bertz CT molecular complexity index is 240. The first-order chi connectivity index (χ1) is 9.91. The lowest BCUT2D eigenvalue weighted by atomic mass is 10.1. The SMILES string of the molecule is CCCCCC=CCC=CCCCCCCCCC=O. The molecule has 0 spiro atoms. The van der Waals surface area contributed by atoms with E-state index in [0.29, 0.717) is 0 Å². The zero-order chi connectivity index (χ0) is 14.7. The van der Waals surface area contributed by atoms with Gasteiger partial charge < -0.3 is 4.79 Å². The fourth-order valence-corrected chi connectivity index (χ4v) is 2.22. The molecule has 1 heteroatoms. The second kappa shape index (κ2) is 18.1. The summed E-state index contributed by atoms with van der Waals surface area (Å²) in [7, 11) is 0. The fourth-order valence-electron chi connectivity index (χ4n) is 2.22. The van der Waals surface area contributed by atoms with E-state index >= 15 is 0 Å². The van der Waals surface area contributed by atoms with Gasteiger partial charge in [0.1, 0.15) is 6.29 Å². The Labute approximate surface area is 126 Å². The maximum atomic E-state index is 10.1. The number of hydrogen-bond acceptors (Lipinski definition) is 1. The molecule has 0 aliphatic carbocycles. The number of hydrogen-bond donors (Lipinski definition) is 0. The van der Waals surface area contributed by atoms with Crippen molar-refractivity contribution in [1.82, 2.24) is 0 Å². The molecule has 0 saturated carbocycles. The van der Waals surface area contributed by atoms with Crippen molar-refractivity contribution in [1.29, 1.82) is 0 Å². The standard InChI is InChI=1S/C19H34O/c1-2-3-4-5-6-7-8-9-10-11-12-13-14-15-16-17-18-19-20/h6-7,9-10,19H,2-5,8,11-18H2,1H3. The molecule has 0 saturated heterocycles. The summed E-state index contributed by atoms with van der Waals surface area (Å²) >= 11 is 0. The van der Waals surface area contributed by atoms with Gasteiger partial charge in [0, 0.05) is 6.42 Å². The van der Waals surface area contributed by atoms with E-state index in [2.05, 4.69) is 31.2 Å². The summed E-state index contributed by atoms with van der Waals surface area (Å²) < 4.78 is 0. The number of carbonyl (C=O) groups excluding carboxylic acids is 1. The van der Waals surface area contributed by atoms with Crippen molar-refractivity contribution < 1.29 is 4.79 Å². The molecule has 0 aromatic carbocycles. The fraction of sp³-hybridized carbons (Fsp3) is 0.737. The molecular weight excluding hydrogens is 244 g/mol. The van der Waals surface area contributed by atoms with Crippen LogP contribution in [0.5, 0.6) is 0 Å². The van der Waals surface area contributed by atoms with Crippen molar-refractivity contribution in [3.05, 3.63) is 24.3 Å². The zero-order valence-electron chi connectivity index (χ0n) is 13.5. The Morgan fingerprint density at radius 2 is 1.10 bits per heavy atom. The van der Waals surface area contributed by atoms with E-state index in [1.165, 1.54) is 64.2 Å². The first kappa shape index (κ1) is 19.1. The Morgan fingerprint density at radius 1 is 0.600 bits per heavy atom. The van der Waals surface area contributed by atoms with Crippen molar-refractivity contribution in [2.75, 3.05) is 0 Å². The molecule has 116 valence electrons. The van der Waals surface area contributed by atoms with Gasteiger partial charge in [-0.3, -0.25) is 0 Å². The quantitative estimate of drug-likeness (QED) is 0.193. The monoisotopic (exact) mass is 278 g/mol. The Kier molecular flexibility index (Phi) is 17.4. The van der Waals surface area contributed by atoms with Crippen LogP contribution in [0.25, 0.3) is 0 Å². The van der Waals surface area contributed by atoms with E-state index in [-0.39, 0.29) is 0 Å². The van der Waals surface area contributed by atoms with Gasteiger partial charge in [-0.1, -0.05) is 69.8 Å². The second-order valence-electron chi connectivity index (χ2n) is 5.54. The number of unbranched alkanes of at least 4 members (excludes halogenated alkanes) is 10. The van der Waals surface area contributed by atoms with E-state index in [1.807, 2.05) is 0 Å². The molecule has 0 amide bonds. The molecule has 0 aromatic heterocycles. The zero-order valence-corrected chi connectivity index (χ0v) is 13.5. The molecule has 0 unspecified atom stereocenters. The third-order valence-electron chi connectivity index (χ3n) is 3.52. The lowest BCUT2D eigenvalue weighted by molar-refractivity contribution is -0.107. The van der Waals surface area contributed by atoms with E-state index < -0.39 is 0 Å². The maximum absolute atomic E-state index is 10.1. The molecular formula is C19H34O. The van der Waals surface area contributed by atoms with Gasteiger partial charge >= 0.3 is 0 Å². The molecule has 20 heavy (non-hydrogen) atoms. The molecule has 0 N–H and O–H groups in total. The average Bonchev–Trinajstić information content (AvgIpc) is 2.47. The van der Waals surface area contributed by atoms with Gasteiger partial charge in [0.15, 0.2) is 0 Å². The van der Waals surface area contributed by atoms with Crippen LogP contribution in [0.4, 0.5) is 0 Å². The minimum absolute atomic E-state index is 0.745. The molecule has 0 rings (SSSR count). The van der Waals surface area contributed by atoms with Crippen LogP contribution in [0, 0.1) is 0 Å². The highest BCUT2D eigenvalue weighted by atomic mass is 16.1. The largest absolute Gasteiger partial charge is 0.303 e. The topological polar surface area (TPSA) is 17.1 Å². The highest BCUT2D eigenvalue weighted by molar-refractivity contribution is 5.48. The summed E-state index contributed by atoms with van der Waals surface area (Å²) in [5.74, 6) is 0. The number of allylic oxidation sites excluding steroid dienone is 4. The van der Waals surface area contributed by atoms with Crippen LogP contribution in [0.3, 0.4) is 0 Å². The van der Waals surface area contributed by atoms with Crippen LogP contribution in [0.15, 0.2) is 24.3 Å². The van der Waals surface area contributed by atoms with Crippen LogP contribution < -0.4 is 0 Å². The molecule has 1 nitrogen and oxygen atoms in total. The van der Waals surface area contributed by atoms with Crippen molar-refractivity contribution >= 4 is 6.29 Å². The van der Waals surface area contributed by atoms with Gasteiger partial charge in [-0.25, -0.2) is 0 Å². The smallest absolute Gasteiger partial charge is 0.119 e. The van der Waals surface area contributed by atoms with Gasteiger partial charge in [0.25, 0.3) is 0 Å². The van der Waals surface area contributed by atoms with Crippen molar-refractivity contribution in [3.8, 4) is 0 Å².